The lowest BCUT2D eigenvalue weighted by Gasteiger charge is -2.11. The quantitative estimate of drug-likeness (QED) is 0.349. The van der Waals surface area contributed by atoms with E-state index >= 15 is 0 Å². The summed E-state index contributed by atoms with van der Waals surface area (Å²) in [5, 5.41) is 10.6. The smallest absolute Gasteiger partial charge is 0.282 e. The molecule has 0 aromatic heterocycles. The molecule has 5 nitrogen and oxygen atoms in total. The van der Waals surface area contributed by atoms with Crippen LogP contribution in [0.2, 0.25) is 0 Å². The van der Waals surface area contributed by atoms with Crippen molar-refractivity contribution < 1.29 is 14.5 Å². The Hall–Kier alpha value is -2.34. The summed E-state index contributed by atoms with van der Waals surface area (Å²) in [5.74, 6) is 0.598. The fraction of sp³-hybridized carbons (Fsp3) is 0.188. The van der Waals surface area contributed by atoms with Gasteiger partial charge in [-0.15, -0.1) is 11.8 Å². The van der Waals surface area contributed by atoms with E-state index in [0.717, 1.165) is 0 Å². The number of ether oxygens (including phenoxy) is 1. The van der Waals surface area contributed by atoms with Crippen LogP contribution in [0.15, 0.2) is 53.4 Å². The van der Waals surface area contributed by atoms with Crippen molar-refractivity contribution in [1.82, 2.24) is 0 Å². The SMILES string of the molecule is COc1ccc(C(=O)C(C)Sc2ccccc2[N+](=O)[O-])cc1. The predicted octanol–water partition coefficient (Wildman–Crippen LogP) is 3.97. The molecule has 114 valence electrons. The molecule has 0 aliphatic carbocycles. The normalized spacial score (nSPS) is 11.7. The molecule has 0 saturated carbocycles. The number of thioether (sulfide) groups is 1. The van der Waals surface area contributed by atoms with Crippen LogP contribution in [-0.2, 0) is 0 Å². The molecule has 1 unspecified atom stereocenters. The fourth-order valence-corrected chi connectivity index (χ4v) is 2.99. The van der Waals surface area contributed by atoms with Crippen molar-refractivity contribution in [3.05, 3.63) is 64.2 Å². The van der Waals surface area contributed by atoms with Gasteiger partial charge in [-0.2, -0.15) is 0 Å². The van der Waals surface area contributed by atoms with E-state index in [-0.39, 0.29) is 11.5 Å². The Kier molecular flexibility index (Phi) is 5.16. The Balaban J connectivity index is 2.16. The number of benzene rings is 2. The molecule has 22 heavy (non-hydrogen) atoms. The minimum atomic E-state index is -0.438. The number of nitrogens with zero attached hydrogens (tertiary/aromatic N) is 1. The molecular weight excluding hydrogens is 302 g/mol. The van der Waals surface area contributed by atoms with Gasteiger partial charge in [0.2, 0.25) is 0 Å². The fourth-order valence-electron chi connectivity index (χ4n) is 1.94. The molecule has 0 heterocycles. The van der Waals surface area contributed by atoms with E-state index < -0.39 is 10.2 Å². The average Bonchev–Trinajstić information content (AvgIpc) is 2.54. The average molecular weight is 317 g/mol. The summed E-state index contributed by atoms with van der Waals surface area (Å²) in [4.78, 5) is 23.5. The number of rotatable bonds is 6. The third-order valence-corrected chi connectivity index (χ3v) is 4.28. The Bertz CT molecular complexity index is 685. The molecule has 1 atom stereocenters. The Morgan fingerprint density at radius 1 is 1.18 bits per heavy atom. The summed E-state index contributed by atoms with van der Waals surface area (Å²) < 4.78 is 5.06. The van der Waals surface area contributed by atoms with Crippen molar-refractivity contribution in [3.8, 4) is 5.75 Å². The lowest BCUT2D eigenvalue weighted by Crippen LogP contribution is -2.13. The lowest BCUT2D eigenvalue weighted by atomic mass is 10.1. The van der Waals surface area contributed by atoms with Crippen molar-refractivity contribution in [2.45, 2.75) is 17.1 Å². The van der Waals surface area contributed by atoms with E-state index in [1.807, 2.05) is 0 Å². The van der Waals surface area contributed by atoms with Crippen molar-refractivity contribution in [1.29, 1.82) is 0 Å². The maximum atomic E-state index is 12.4. The number of nitro groups is 1. The molecular formula is C16H15NO4S. The number of Topliss-reactive ketones (excluding diaryl/α,β-unsaturated/α-hetero) is 1. The van der Waals surface area contributed by atoms with Gasteiger partial charge < -0.3 is 4.74 Å². The second kappa shape index (κ2) is 7.09. The molecule has 0 N–H and O–H groups in total. The Morgan fingerprint density at radius 2 is 1.82 bits per heavy atom. The summed E-state index contributed by atoms with van der Waals surface area (Å²) >= 11 is 1.19. The molecule has 2 aromatic carbocycles. The van der Waals surface area contributed by atoms with Crippen LogP contribution in [0.5, 0.6) is 5.75 Å². The number of hydrogen-bond acceptors (Lipinski definition) is 5. The number of nitro benzene ring substituents is 1. The first-order valence-corrected chi connectivity index (χ1v) is 7.49. The van der Waals surface area contributed by atoms with Crippen molar-refractivity contribution in [2.75, 3.05) is 7.11 Å². The second-order valence-electron chi connectivity index (χ2n) is 4.58. The van der Waals surface area contributed by atoms with Crippen LogP contribution in [-0.4, -0.2) is 23.1 Å². The van der Waals surface area contributed by atoms with E-state index in [1.54, 1.807) is 56.5 Å². The van der Waals surface area contributed by atoms with Gasteiger partial charge in [-0.1, -0.05) is 12.1 Å². The predicted molar refractivity (Wildman–Crippen MR) is 85.7 cm³/mol. The van der Waals surface area contributed by atoms with E-state index in [2.05, 4.69) is 0 Å². The summed E-state index contributed by atoms with van der Waals surface area (Å²) in [6.07, 6.45) is 0. The maximum absolute atomic E-state index is 12.4. The lowest BCUT2D eigenvalue weighted by molar-refractivity contribution is -0.387. The van der Waals surface area contributed by atoms with Gasteiger partial charge in [0.15, 0.2) is 5.78 Å². The molecule has 0 fully saturated rings. The van der Waals surface area contributed by atoms with Gasteiger partial charge in [0, 0.05) is 11.6 Å². The molecule has 0 aliphatic heterocycles. The molecule has 0 radical (unpaired) electrons. The monoisotopic (exact) mass is 317 g/mol. The van der Waals surface area contributed by atoms with E-state index in [0.29, 0.717) is 16.2 Å². The highest BCUT2D eigenvalue weighted by Gasteiger charge is 2.21. The number of carbonyl (C=O) groups is 1. The van der Waals surface area contributed by atoms with E-state index in [4.69, 9.17) is 4.74 Å². The van der Waals surface area contributed by atoms with Crippen LogP contribution in [0.3, 0.4) is 0 Å². The number of ketones is 1. The van der Waals surface area contributed by atoms with Crippen LogP contribution in [0.1, 0.15) is 17.3 Å². The zero-order valence-corrected chi connectivity index (χ0v) is 13.0. The standard InChI is InChI=1S/C16H15NO4S/c1-11(16(18)12-7-9-13(21-2)10-8-12)22-15-6-4-3-5-14(15)17(19)20/h3-11H,1-2H3. The molecule has 2 aromatic rings. The van der Waals surface area contributed by atoms with Gasteiger partial charge in [-0.25, -0.2) is 0 Å². The van der Waals surface area contributed by atoms with Crippen LogP contribution >= 0.6 is 11.8 Å². The van der Waals surface area contributed by atoms with Gasteiger partial charge >= 0.3 is 0 Å². The largest absolute Gasteiger partial charge is 0.497 e. The van der Waals surface area contributed by atoms with E-state index in [1.165, 1.54) is 17.8 Å². The van der Waals surface area contributed by atoms with Crippen LogP contribution < -0.4 is 4.74 Å². The molecule has 6 heteroatoms. The Labute approximate surface area is 132 Å². The first-order chi connectivity index (χ1) is 10.5. The van der Waals surface area contributed by atoms with Crippen LogP contribution in [0.4, 0.5) is 5.69 Å². The number of para-hydroxylation sites is 1. The molecule has 2 rings (SSSR count). The minimum Gasteiger partial charge on any atom is -0.497 e. The highest BCUT2D eigenvalue weighted by molar-refractivity contribution is 8.00. The summed E-state index contributed by atoms with van der Waals surface area (Å²) in [7, 11) is 1.56. The topological polar surface area (TPSA) is 69.4 Å². The van der Waals surface area contributed by atoms with Gasteiger partial charge in [-0.3, -0.25) is 14.9 Å². The van der Waals surface area contributed by atoms with Gasteiger partial charge in [0.05, 0.1) is 22.2 Å². The zero-order chi connectivity index (χ0) is 16.1. The molecule has 0 saturated heterocycles. The van der Waals surface area contributed by atoms with Crippen molar-refractivity contribution in [2.24, 2.45) is 0 Å². The van der Waals surface area contributed by atoms with Crippen LogP contribution in [0.25, 0.3) is 0 Å². The van der Waals surface area contributed by atoms with Gasteiger partial charge in [0.1, 0.15) is 5.75 Å². The highest BCUT2D eigenvalue weighted by Crippen LogP contribution is 2.33. The highest BCUT2D eigenvalue weighted by atomic mass is 32.2. The number of hydrogen-bond donors (Lipinski definition) is 0. The molecule has 0 amide bonds. The molecule has 0 spiro atoms. The Morgan fingerprint density at radius 3 is 2.41 bits per heavy atom. The van der Waals surface area contributed by atoms with Crippen LogP contribution in [0, 0.1) is 10.1 Å². The van der Waals surface area contributed by atoms with E-state index in [9.17, 15) is 14.9 Å². The molecule has 0 aliphatic rings. The maximum Gasteiger partial charge on any atom is 0.282 e. The summed E-state index contributed by atoms with van der Waals surface area (Å²) in [5.41, 5.74) is 0.571. The van der Waals surface area contributed by atoms with Gasteiger partial charge in [-0.05, 0) is 37.3 Å². The number of methoxy groups -OCH3 is 1. The minimum absolute atomic E-state index is 0.0156. The third-order valence-electron chi connectivity index (χ3n) is 3.11. The first-order valence-electron chi connectivity index (χ1n) is 6.61. The number of carbonyl (C=O) groups excluding carboxylic acids is 1. The summed E-state index contributed by atoms with van der Waals surface area (Å²) in [6, 6.07) is 13.2. The third kappa shape index (κ3) is 3.65. The second-order valence-corrected chi connectivity index (χ2v) is 5.96. The van der Waals surface area contributed by atoms with Crippen molar-refractivity contribution >= 4 is 23.2 Å². The summed E-state index contributed by atoms with van der Waals surface area (Å²) in [6.45, 7) is 1.74. The molecule has 0 bridgehead atoms. The first kappa shape index (κ1) is 16.0. The van der Waals surface area contributed by atoms with Crippen molar-refractivity contribution in [3.63, 3.8) is 0 Å². The zero-order valence-electron chi connectivity index (χ0n) is 12.2. The van der Waals surface area contributed by atoms with Gasteiger partial charge in [0.25, 0.3) is 5.69 Å².